The number of carbonyl (C=O) groups is 2. The molecular formula is C22H18FN3O2S. The van der Waals surface area contributed by atoms with Gasteiger partial charge in [0.05, 0.1) is 5.56 Å². The van der Waals surface area contributed by atoms with Crippen LogP contribution in [0.5, 0.6) is 0 Å². The minimum atomic E-state index is -0.656. The SMILES string of the molecule is CN(C(=O)c1cccc(NC(=S)NC(=O)c2ccccc2F)c1)c1ccccc1. The Labute approximate surface area is 173 Å². The molecule has 3 aromatic carbocycles. The van der Waals surface area contributed by atoms with Crippen LogP contribution in [0.25, 0.3) is 0 Å². The highest BCUT2D eigenvalue weighted by Crippen LogP contribution is 2.17. The fourth-order valence-corrected chi connectivity index (χ4v) is 2.88. The Hall–Kier alpha value is -3.58. The van der Waals surface area contributed by atoms with Crippen LogP contribution in [0.3, 0.4) is 0 Å². The summed E-state index contributed by atoms with van der Waals surface area (Å²) in [4.78, 5) is 26.4. The third kappa shape index (κ3) is 5.03. The van der Waals surface area contributed by atoms with E-state index < -0.39 is 11.7 Å². The molecule has 0 radical (unpaired) electrons. The molecule has 2 N–H and O–H groups in total. The number of benzene rings is 3. The van der Waals surface area contributed by atoms with Crippen LogP contribution in [-0.4, -0.2) is 24.0 Å². The van der Waals surface area contributed by atoms with E-state index in [4.69, 9.17) is 12.2 Å². The average molecular weight is 407 g/mol. The van der Waals surface area contributed by atoms with Gasteiger partial charge < -0.3 is 10.2 Å². The molecule has 2 amide bonds. The minimum Gasteiger partial charge on any atom is -0.332 e. The molecule has 0 aliphatic heterocycles. The van der Waals surface area contributed by atoms with Crippen molar-refractivity contribution in [1.82, 2.24) is 5.32 Å². The third-order valence-electron chi connectivity index (χ3n) is 4.16. The van der Waals surface area contributed by atoms with Gasteiger partial charge in [0.1, 0.15) is 5.82 Å². The molecule has 0 saturated carbocycles. The summed E-state index contributed by atoms with van der Waals surface area (Å²) in [7, 11) is 1.69. The Morgan fingerprint density at radius 3 is 2.34 bits per heavy atom. The van der Waals surface area contributed by atoms with Crippen molar-refractivity contribution < 1.29 is 14.0 Å². The number of nitrogens with zero attached hydrogens (tertiary/aromatic N) is 1. The molecule has 0 bridgehead atoms. The monoisotopic (exact) mass is 407 g/mol. The molecule has 3 rings (SSSR count). The van der Waals surface area contributed by atoms with Gasteiger partial charge in [-0.3, -0.25) is 14.9 Å². The van der Waals surface area contributed by atoms with E-state index in [0.29, 0.717) is 11.3 Å². The largest absolute Gasteiger partial charge is 0.332 e. The molecule has 0 unspecified atom stereocenters. The number of rotatable bonds is 4. The molecular weight excluding hydrogens is 389 g/mol. The first-order valence-corrected chi connectivity index (χ1v) is 9.16. The summed E-state index contributed by atoms with van der Waals surface area (Å²) in [5.41, 5.74) is 1.63. The predicted molar refractivity (Wildman–Crippen MR) is 116 cm³/mol. The second-order valence-corrected chi connectivity index (χ2v) is 6.58. The summed E-state index contributed by atoms with van der Waals surface area (Å²) in [6, 6.07) is 21.6. The second-order valence-electron chi connectivity index (χ2n) is 6.17. The van der Waals surface area contributed by atoms with Crippen LogP contribution in [0.2, 0.25) is 0 Å². The topological polar surface area (TPSA) is 61.4 Å². The molecule has 0 heterocycles. The highest BCUT2D eigenvalue weighted by Gasteiger charge is 2.15. The first kappa shape index (κ1) is 20.2. The van der Waals surface area contributed by atoms with Gasteiger partial charge in [-0.15, -0.1) is 0 Å². The molecule has 0 aliphatic carbocycles. The van der Waals surface area contributed by atoms with Gasteiger partial charge in [0.15, 0.2) is 5.11 Å². The van der Waals surface area contributed by atoms with Crippen LogP contribution < -0.4 is 15.5 Å². The molecule has 7 heteroatoms. The van der Waals surface area contributed by atoms with E-state index in [1.165, 1.54) is 23.1 Å². The minimum absolute atomic E-state index is 0.000680. The quantitative estimate of drug-likeness (QED) is 0.636. The van der Waals surface area contributed by atoms with Crippen molar-refractivity contribution in [2.75, 3.05) is 17.3 Å². The maximum atomic E-state index is 13.7. The number of hydrogen-bond donors (Lipinski definition) is 2. The fraction of sp³-hybridized carbons (Fsp3) is 0.0455. The maximum Gasteiger partial charge on any atom is 0.260 e. The number of carbonyl (C=O) groups excluding carboxylic acids is 2. The molecule has 5 nitrogen and oxygen atoms in total. The lowest BCUT2D eigenvalue weighted by Gasteiger charge is -2.18. The molecule has 146 valence electrons. The number of thiocarbonyl (C=S) groups is 1. The number of amides is 2. The van der Waals surface area contributed by atoms with Gasteiger partial charge in [-0.05, 0) is 54.7 Å². The molecule has 29 heavy (non-hydrogen) atoms. The van der Waals surface area contributed by atoms with Crippen molar-refractivity contribution in [2.45, 2.75) is 0 Å². The van der Waals surface area contributed by atoms with E-state index in [2.05, 4.69) is 10.6 Å². The number of halogens is 1. The van der Waals surface area contributed by atoms with Crippen LogP contribution in [0.4, 0.5) is 15.8 Å². The number of para-hydroxylation sites is 1. The molecule has 0 aliphatic rings. The zero-order valence-corrected chi connectivity index (χ0v) is 16.4. The Bertz CT molecular complexity index is 1060. The van der Waals surface area contributed by atoms with Crippen LogP contribution in [0.15, 0.2) is 78.9 Å². The Morgan fingerprint density at radius 1 is 0.931 bits per heavy atom. The van der Waals surface area contributed by atoms with Crippen molar-refractivity contribution in [3.8, 4) is 0 Å². The van der Waals surface area contributed by atoms with Gasteiger partial charge in [-0.2, -0.15) is 0 Å². The van der Waals surface area contributed by atoms with Crippen molar-refractivity contribution >= 4 is 40.5 Å². The van der Waals surface area contributed by atoms with E-state index in [0.717, 1.165) is 5.69 Å². The first-order chi connectivity index (χ1) is 14.0. The van der Waals surface area contributed by atoms with Gasteiger partial charge >= 0.3 is 0 Å². The van der Waals surface area contributed by atoms with Crippen molar-refractivity contribution in [3.05, 3.63) is 95.8 Å². The maximum absolute atomic E-state index is 13.7. The molecule has 0 spiro atoms. The molecule has 0 saturated heterocycles. The van der Waals surface area contributed by atoms with E-state index in [1.54, 1.807) is 37.4 Å². The van der Waals surface area contributed by atoms with Crippen LogP contribution in [0, 0.1) is 5.82 Å². The summed E-state index contributed by atoms with van der Waals surface area (Å²) in [6.07, 6.45) is 0. The van der Waals surface area contributed by atoms with Crippen LogP contribution in [0.1, 0.15) is 20.7 Å². The lowest BCUT2D eigenvalue weighted by Crippen LogP contribution is -2.34. The number of anilines is 2. The molecule has 0 fully saturated rings. The van der Waals surface area contributed by atoms with Gasteiger partial charge in [-0.25, -0.2) is 4.39 Å². The highest BCUT2D eigenvalue weighted by atomic mass is 32.1. The van der Waals surface area contributed by atoms with E-state index in [-0.39, 0.29) is 16.6 Å². The van der Waals surface area contributed by atoms with Crippen LogP contribution >= 0.6 is 12.2 Å². The van der Waals surface area contributed by atoms with Crippen LogP contribution in [-0.2, 0) is 0 Å². The van der Waals surface area contributed by atoms with Crippen molar-refractivity contribution in [3.63, 3.8) is 0 Å². The van der Waals surface area contributed by atoms with Gasteiger partial charge in [0, 0.05) is 24.0 Å². The molecule has 0 atom stereocenters. The molecule has 0 aromatic heterocycles. The third-order valence-corrected chi connectivity index (χ3v) is 4.37. The summed E-state index contributed by atoms with van der Waals surface area (Å²) in [5.74, 6) is -1.48. The smallest absolute Gasteiger partial charge is 0.260 e. The average Bonchev–Trinajstić information content (AvgIpc) is 2.73. The Kier molecular flexibility index (Phi) is 6.31. The van der Waals surface area contributed by atoms with E-state index in [9.17, 15) is 14.0 Å². The first-order valence-electron chi connectivity index (χ1n) is 8.76. The summed E-state index contributed by atoms with van der Waals surface area (Å²) < 4.78 is 13.7. The van der Waals surface area contributed by atoms with Crippen molar-refractivity contribution in [1.29, 1.82) is 0 Å². The summed E-state index contributed by atoms with van der Waals surface area (Å²) in [5, 5.41) is 5.27. The van der Waals surface area contributed by atoms with Gasteiger partial charge in [0.2, 0.25) is 0 Å². The Morgan fingerprint density at radius 2 is 1.62 bits per heavy atom. The van der Waals surface area contributed by atoms with Crippen molar-refractivity contribution in [2.24, 2.45) is 0 Å². The summed E-state index contributed by atoms with van der Waals surface area (Å²) in [6.45, 7) is 0. The normalized spacial score (nSPS) is 10.1. The number of nitrogens with one attached hydrogen (secondary N) is 2. The Balaban J connectivity index is 1.68. The lowest BCUT2D eigenvalue weighted by molar-refractivity contribution is 0.0970. The van der Waals surface area contributed by atoms with Gasteiger partial charge in [-0.1, -0.05) is 36.4 Å². The van der Waals surface area contributed by atoms with E-state index in [1.807, 2.05) is 30.3 Å². The zero-order chi connectivity index (χ0) is 20.8. The highest BCUT2D eigenvalue weighted by molar-refractivity contribution is 7.80. The second kappa shape index (κ2) is 9.07. The lowest BCUT2D eigenvalue weighted by atomic mass is 10.1. The van der Waals surface area contributed by atoms with E-state index >= 15 is 0 Å². The predicted octanol–water partition coefficient (Wildman–Crippen LogP) is 4.23. The molecule has 3 aromatic rings. The standard InChI is InChI=1S/C22H18FN3O2S/c1-26(17-10-3-2-4-11-17)21(28)15-8-7-9-16(14-15)24-22(29)25-20(27)18-12-5-6-13-19(18)23/h2-14H,1H3,(H2,24,25,27,29). The zero-order valence-electron chi connectivity index (χ0n) is 15.6. The summed E-state index contributed by atoms with van der Waals surface area (Å²) >= 11 is 5.13. The fourth-order valence-electron chi connectivity index (χ4n) is 2.67. The number of hydrogen-bond acceptors (Lipinski definition) is 3. The van der Waals surface area contributed by atoms with Gasteiger partial charge in [0.25, 0.3) is 11.8 Å².